The number of amides is 3. The molecule has 8 nitrogen and oxygen atoms in total. The third-order valence-electron chi connectivity index (χ3n) is 4.69. The molecule has 176 valence electrons. The van der Waals surface area contributed by atoms with Gasteiger partial charge in [-0.05, 0) is 43.2 Å². The molecule has 34 heavy (non-hydrogen) atoms. The lowest BCUT2D eigenvalue weighted by atomic mass is 10.2. The normalized spacial score (nSPS) is 13.2. The van der Waals surface area contributed by atoms with Gasteiger partial charge in [-0.15, -0.1) is 0 Å². The molecule has 1 fully saturated rings. The van der Waals surface area contributed by atoms with E-state index in [0.29, 0.717) is 12.1 Å². The minimum atomic E-state index is -4.90. The zero-order valence-electron chi connectivity index (χ0n) is 17.3. The van der Waals surface area contributed by atoms with Crippen LogP contribution in [-0.2, 0) is 11.0 Å². The van der Waals surface area contributed by atoms with Crippen LogP contribution in [0.2, 0.25) is 0 Å². The van der Waals surface area contributed by atoms with Crippen LogP contribution in [0.1, 0.15) is 18.4 Å². The highest BCUT2D eigenvalue weighted by Crippen LogP contribution is 2.33. The van der Waals surface area contributed by atoms with Crippen molar-refractivity contribution in [2.45, 2.75) is 19.0 Å². The number of anilines is 3. The lowest BCUT2D eigenvalue weighted by Gasteiger charge is -2.12. The van der Waals surface area contributed by atoms with Crippen molar-refractivity contribution in [3.05, 3.63) is 66.2 Å². The molecule has 1 saturated carbocycles. The average molecular weight is 475 g/mol. The molecule has 3 amide bonds. The number of halogens is 4. The number of carbonyl (C=O) groups is 2. The number of benzene rings is 2. The van der Waals surface area contributed by atoms with E-state index in [1.807, 2.05) is 0 Å². The molecule has 2 aromatic carbocycles. The van der Waals surface area contributed by atoms with E-state index in [-0.39, 0.29) is 40.6 Å². The summed E-state index contributed by atoms with van der Waals surface area (Å²) in [4.78, 5) is 32.0. The molecule has 1 heterocycles. The summed E-state index contributed by atoms with van der Waals surface area (Å²) in [5.41, 5.74) is -1.46. The summed E-state index contributed by atoms with van der Waals surface area (Å²) in [5, 5.41) is 7.35. The van der Waals surface area contributed by atoms with Crippen LogP contribution in [-0.4, -0.2) is 21.9 Å². The molecule has 0 saturated heterocycles. The van der Waals surface area contributed by atoms with E-state index in [2.05, 4.69) is 25.9 Å². The van der Waals surface area contributed by atoms with Crippen LogP contribution in [0.15, 0.2) is 54.9 Å². The van der Waals surface area contributed by atoms with Crippen molar-refractivity contribution >= 4 is 29.1 Å². The molecule has 0 aliphatic heterocycles. The number of carbonyl (C=O) groups excluding carboxylic acids is 2. The van der Waals surface area contributed by atoms with E-state index in [1.54, 1.807) is 12.1 Å². The minimum Gasteiger partial charge on any atom is -0.439 e. The van der Waals surface area contributed by atoms with E-state index in [9.17, 15) is 27.2 Å². The van der Waals surface area contributed by atoms with Crippen molar-refractivity contribution in [1.29, 1.82) is 0 Å². The van der Waals surface area contributed by atoms with E-state index in [4.69, 9.17) is 4.74 Å². The SMILES string of the molecule is O=C(Nc1cccc(Oc2cc(NC(=O)C3CC3)ncn2)c1)Nc1ccc(F)c(C(F)(F)F)c1. The predicted molar refractivity (Wildman–Crippen MR) is 114 cm³/mol. The summed E-state index contributed by atoms with van der Waals surface area (Å²) >= 11 is 0. The van der Waals surface area contributed by atoms with Crippen LogP contribution in [0, 0.1) is 11.7 Å². The maximum atomic E-state index is 13.4. The van der Waals surface area contributed by atoms with Crippen LogP contribution in [0.4, 0.5) is 39.5 Å². The zero-order chi connectivity index (χ0) is 24.3. The summed E-state index contributed by atoms with van der Waals surface area (Å²) in [6.45, 7) is 0. The first-order valence-electron chi connectivity index (χ1n) is 10.0. The number of urea groups is 1. The van der Waals surface area contributed by atoms with Gasteiger partial charge in [0.15, 0.2) is 0 Å². The van der Waals surface area contributed by atoms with Gasteiger partial charge in [-0.3, -0.25) is 4.79 Å². The highest BCUT2D eigenvalue weighted by molar-refractivity contribution is 5.99. The number of hydrogen-bond acceptors (Lipinski definition) is 5. The molecule has 0 radical (unpaired) electrons. The van der Waals surface area contributed by atoms with Crippen molar-refractivity contribution in [2.24, 2.45) is 5.92 Å². The van der Waals surface area contributed by atoms with Crippen LogP contribution in [0.5, 0.6) is 11.6 Å². The summed E-state index contributed by atoms with van der Waals surface area (Å²) in [6.07, 6.45) is -1.98. The molecule has 0 unspecified atom stereocenters. The monoisotopic (exact) mass is 475 g/mol. The molecule has 0 atom stereocenters. The zero-order valence-corrected chi connectivity index (χ0v) is 17.3. The largest absolute Gasteiger partial charge is 0.439 e. The first-order chi connectivity index (χ1) is 16.2. The van der Waals surface area contributed by atoms with Gasteiger partial charge in [-0.1, -0.05) is 6.07 Å². The van der Waals surface area contributed by atoms with Crippen LogP contribution in [0.3, 0.4) is 0 Å². The second-order valence-electron chi connectivity index (χ2n) is 7.41. The van der Waals surface area contributed by atoms with Gasteiger partial charge in [0.1, 0.15) is 23.7 Å². The van der Waals surface area contributed by atoms with Crippen molar-refractivity contribution in [3.8, 4) is 11.6 Å². The molecule has 0 bridgehead atoms. The van der Waals surface area contributed by atoms with Gasteiger partial charge in [0.05, 0.1) is 5.56 Å². The molecule has 1 aromatic heterocycles. The molecule has 4 rings (SSSR count). The highest BCUT2D eigenvalue weighted by Gasteiger charge is 2.34. The summed E-state index contributed by atoms with van der Waals surface area (Å²) in [6, 6.07) is 8.88. The highest BCUT2D eigenvalue weighted by atomic mass is 19.4. The fraction of sp³-hybridized carbons (Fsp3) is 0.182. The standard InChI is InChI=1S/C22H17F4N5O3/c23-17-7-6-14(9-16(17)22(24,25)26)30-21(33)29-13-2-1-3-15(8-13)34-19-10-18(27-11-28-19)31-20(32)12-4-5-12/h1-3,6-12H,4-5H2,(H2,29,30,33)(H,27,28,31,32). The van der Waals surface area contributed by atoms with Crippen LogP contribution < -0.4 is 20.7 Å². The van der Waals surface area contributed by atoms with Gasteiger partial charge in [0, 0.05) is 29.4 Å². The number of ether oxygens (including phenoxy) is 1. The number of alkyl halides is 3. The molecule has 1 aliphatic carbocycles. The Kier molecular flexibility index (Phi) is 6.30. The molecule has 3 N–H and O–H groups in total. The Labute approximate surface area is 190 Å². The van der Waals surface area contributed by atoms with Gasteiger partial charge in [0.25, 0.3) is 0 Å². The fourth-order valence-corrected chi connectivity index (χ4v) is 2.91. The first kappa shape index (κ1) is 23.0. The van der Waals surface area contributed by atoms with Crippen molar-refractivity contribution in [2.75, 3.05) is 16.0 Å². The quantitative estimate of drug-likeness (QED) is 0.413. The average Bonchev–Trinajstić information content (AvgIpc) is 3.60. The number of nitrogens with one attached hydrogen (secondary N) is 3. The Morgan fingerprint density at radius 1 is 0.941 bits per heavy atom. The fourth-order valence-electron chi connectivity index (χ4n) is 2.91. The van der Waals surface area contributed by atoms with Gasteiger partial charge in [0.2, 0.25) is 11.8 Å². The molecule has 3 aromatic rings. The van der Waals surface area contributed by atoms with E-state index >= 15 is 0 Å². The Balaban J connectivity index is 1.39. The third kappa shape index (κ3) is 5.97. The Morgan fingerprint density at radius 3 is 2.38 bits per heavy atom. The summed E-state index contributed by atoms with van der Waals surface area (Å²) in [7, 11) is 0. The van der Waals surface area contributed by atoms with Gasteiger partial charge < -0.3 is 20.7 Å². The molecule has 12 heteroatoms. The lowest BCUT2D eigenvalue weighted by Crippen LogP contribution is -2.20. The maximum absolute atomic E-state index is 13.4. The van der Waals surface area contributed by atoms with E-state index in [0.717, 1.165) is 18.9 Å². The number of hydrogen-bond donors (Lipinski definition) is 3. The maximum Gasteiger partial charge on any atom is 0.419 e. The Bertz CT molecular complexity index is 1230. The van der Waals surface area contributed by atoms with E-state index in [1.165, 1.54) is 24.5 Å². The van der Waals surface area contributed by atoms with Gasteiger partial charge >= 0.3 is 12.2 Å². The molecule has 1 aliphatic rings. The number of rotatable bonds is 6. The number of nitrogens with zero attached hydrogens (tertiary/aromatic N) is 2. The second-order valence-corrected chi connectivity index (χ2v) is 7.41. The summed E-state index contributed by atoms with van der Waals surface area (Å²) in [5.74, 6) is -0.837. The van der Waals surface area contributed by atoms with Crippen molar-refractivity contribution < 1.29 is 31.9 Å². The summed E-state index contributed by atoms with van der Waals surface area (Å²) < 4.78 is 57.6. The van der Waals surface area contributed by atoms with E-state index < -0.39 is 23.6 Å². The smallest absolute Gasteiger partial charge is 0.419 e. The Morgan fingerprint density at radius 2 is 1.68 bits per heavy atom. The topological polar surface area (TPSA) is 105 Å². The number of aromatic nitrogens is 2. The molecular formula is C22H17F4N5O3. The lowest BCUT2D eigenvalue weighted by molar-refractivity contribution is -0.139. The van der Waals surface area contributed by atoms with Gasteiger partial charge in [-0.2, -0.15) is 13.2 Å². The Hall–Kier alpha value is -4.22. The predicted octanol–water partition coefficient (Wildman–Crippen LogP) is 5.42. The van der Waals surface area contributed by atoms with Crippen molar-refractivity contribution in [1.82, 2.24) is 9.97 Å². The van der Waals surface area contributed by atoms with Gasteiger partial charge in [-0.25, -0.2) is 19.2 Å². The molecule has 0 spiro atoms. The third-order valence-corrected chi connectivity index (χ3v) is 4.69. The van der Waals surface area contributed by atoms with Crippen LogP contribution in [0.25, 0.3) is 0 Å². The van der Waals surface area contributed by atoms with Crippen molar-refractivity contribution in [3.63, 3.8) is 0 Å². The minimum absolute atomic E-state index is 0.00296. The van der Waals surface area contributed by atoms with Crippen LogP contribution >= 0.6 is 0 Å². The second kappa shape index (κ2) is 9.33. The molecular weight excluding hydrogens is 458 g/mol. The first-order valence-corrected chi connectivity index (χ1v) is 10.0.